The van der Waals surface area contributed by atoms with Gasteiger partial charge >= 0.3 is 0 Å². The van der Waals surface area contributed by atoms with Crippen molar-refractivity contribution >= 4 is 0 Å². The first-order valence-electron chi connectivity index (χ1n) is 3.90. The molecule has 0 aliphatic rings. The van der Waals surface area contributed by atoms with Crippen LogP contribution in [0.15, 0.2) is 6.07 Å². The fourth-order valence-corrected chi connectivity index (χ4v) is 1.05. The number of nitrogens with two attached hydrogens (primary N) is 1. The average molecular weight is 169 g/mol. The molecule has 0 unspecified atom stereocenters. The predicted octanol–water partition coefficient (Wildman–Crippen LogP) is 0.886. The van der Waals surface area contributed by atoms with Crippen LogP contribution in [0.5, 0.6) is 0 Å². The van der Waals surface area contributed by atoms with Gasteiger partial charge in [-0.2, -0.15) is 5.10 Å². The van der Waals surface area contributed by atoms with Crippen LogP contribution in [-0.4, -0.2) is 16.8 Å². The Morgan fingerprint density at radius 1 is 1.67 bits per heavy atom. The third-order valence-electron chi connectivity index (χ3n) is 1.84. The lowest BCUT2D eigenvalue weighted by Gasteiger charge is -2.19. The minimum Gasteiger partial charge on any atom is -0.304 e. The zero-order chi connectivity index (χ0) is 9.19. The molecule has 1 rings (SSSR count). The van der Waals surface area contributed by atoms with Crippen molar-refractivity contribution in [1.82, 2.24) is 10.2 Å². The van der Waals surface area contributed by atoms with Crippen molar-refractivity contribution in [1.29, 1.82) is 0 Å². The first-order chi connectivity index (χ1) is 5.56. The summed E-state index contributed by atoms with van der Waals surface area (Å²) in [6.45, 7) is 6.51. The number of aromatic nitrogens is 2. The van der Waals surface area contributed by atoms with Crippen molar-refractivity contribution in [3.63, 3.8) is 0 Å². The normalized spacial score (nSPS) is 12.0. The van der Waals surface area contributed by atoms with Crippen molar-refractivity contribution in [3.05, 3.63) is 17.5 Å². The van der Waals surface area contributed by atoms with Crippen molar-refractivity contribution < 1.29 is 4.84 Å². The van der Waals surface area contributed by atoms with Gasteiger partial charge in [-0.1, -0.05) is 13.8 Å². The zero-order valence-electron chi connectivity index (χ0n) is 7.72. The van der Waals surface area contributed by atoms with Gasteiger partial charge in [0.1, 0.15) is 0 Å². The van der Waals surface area contributed by atoms with E-state index in [0.29, 0.717) is 6.61 Å². The fraction of sp³-hybridized carbons (Fsp3) is 0.625. The van der Waals surface area contributed by atoms with E-state index in [1.165, 1.54) is 0 Å². The molecule has 0 saturated carbocycles. The van der Waals surface area contributed by atoms with Crippen LogP contribution in [0.4, 0.5) is 0 Å². The third-order valence-corrected chi connectivity index (χ3v) is 1.84. The molecular weight excluding hydrogens is 154 g/mol. The molecule has 4 heteroatoms. The van der Waals surface area contributed by atoms with Crippen LogP contribution >= 0.6 is 0 Å². The monoisotopic (exact) mass is 169 g/mol. The van der Waals surface area contributed by atoms with E-state index < -0.39 is 0 Å². The molecule has 0 spiro atoms. The summed E-state index contributed by atoms with van der Waals surface area (Å²) in [6, 6.07) is 2.00. The van der Waals surface area contributed by atoms with Gasteiger partial charge in [0, 0.05) is 11.1 Å². The molecule has 0 atom stereocenters. The number of H-pyrrole nitrogens is 1. The molecule has 0 aliphatic heterocycles. The zero-order valence-corrected chi connectivity index (χ0v) is 7.72. The van der Waals surface area contributed by atoms with Gasteiger partial charge in [-0.3, -0.25) is 5.10 Å². The van der Waals surface area contributed by atoms with Crippen LogP contribution in [0.1, 0.15) is 25.2 Å². The van der Waals surface area contributed by atoms with E-state index in [0.717, 1.165) is 11.4 Å². The van der Waals surface area contributed by atoms with Crippen LogP contribution in [0.25, 0.3) is 0 Å². The molecule has 0 aromatic carbocycles. The van der Waals surface area contributed by atoms with Crippen LogP contribution in [0.2, 0.25) is 0 Å². The SMILES string of the molecule is Cc1cc(C(C)(C)CON)n[nH]1. The van der Waals surface area contributed by atoms with Crippen LogP contribution in [0.3, 0.4) is 0 Å². The molecule has 1 aromatic rings. The molecule has 1 heterocycles. The molecule has 68 valence electrons. The van der Waals surface area contributed by atoms with Gasteiger partial charge < -0.3 is 4.84 Å². The van der Waals surface area contributed by atoms with E-state index in [4.69, 9.17) is 5.90 Å². The summed E-state index contributed by atoms with van der Waals surface area (Å²) in [5.74, 6) is 5.02. The molecule has 4 nitrogen and oxygen atoms in total. The topological polar surface area (TPSA) is 63.9 Å². The maximum absolute atomic E-state index is 5.02. The second-order valence-electron chi connectivity index (χ2n) is 3.63. The highest BCUT2D eigenvalue weighted by molar-refractivity contribution is 5.16. The second-order valence-corrected chi connectivity index (χ2v) is 3.63. The minimum absolute atomic E-state index is 0.125. The van der Waals surface area contributed by atoms with Gasteiger partial charge in [0.05, 0.1) is 12.3 Å². The highest BCUT2D eigenvalue weighted by Gasteiger charge is 2.23. The summed E-state index contributed by atoms with van der Waals surface area (Å²) in [4.78, 5) is 4.62. The molecule has 0 saturated heterocycles. The Kier molecular flexibility index (Phi) is 2.49. The Morgan fingerprint density at radius 3 is 2.75 bits per heavy atom. The molecule has 0 amide bonds. The smallest absolute Gasteiger partial charge is 0.0786 e. The molecule has 3 N–H and O–H groups in total. The highest BCUT2D eigenvalue weighted by Crippen LogP contribution is 2.21. The first kappa shape index (κ1) is 9.22. The molecular formula is C8H15N3O. The summed E-state index contributed by atoms with van der Waals surface area (Å²) < 4.78 is 0. The third kappa shape index (κ3) is 1.84. The first-order valence-corrected chi connectivity index (χ1v) is 3.90. The summed E-state index contributed by atoms with van der Waals surface area (Å²) in [6.07, 6.45) is 0. The summed E-state index contributed by atoms with van der Waals surface area (Å²) in [5, 5.41) is 7.03. The predicted molar refractivity (Wildman–Crippen MR) is 46.5 cm³/mol. The van der Waals surface area contributed by atoms with Crippen molar-refractivity contribution in [3.8, 4) is 0 Å². The number of hydrogen-bond donors (Lipinski definition) is 2. The molecule has 1 aromatic heterocycles. The van der Waals surface area contributed by atoms with Gasteiger partial charge in [0.25, 0.3) is 0 Å². The Hall–Kier alpha value is -0.870. The standard InChI is InChI=1S/C8H15N3O/c1-6-4-7(11-10-6)8(2,3)5-12-9/h4H,5,9H2,1-3H3,(H,10,11). The van der Waals surface area contributed by atoms with Gasteiger partial charge in [0.15, 0.2) is 0 Å². The van der Waals surface area contributed by atoms with E-state index in [1.54, 1.807) is 0 Å². The Bertz CT molecular complexity index is 255. The van der Waals surface area contributed by atoms with E-state index >= 15 is 0 Å². The summed E-state index contributed by atoms with van der Waals surface area (Å²) >= 11 is 0. The highest BCUT2D eigenvalue weighted by atomic mass is 16.6. The van der Waals surface area contributed by atoms with Crippen LogP contribution in [-0.2, 0) is 10.3 Å². The van der Waals surface area contributed by atoms with Crippen molar-refractivity contribution in [2.75, 3.05) is 6.61 Å². The lowest BCUT2D eigenvalue weighted by Crippen LogP contribution is -2.26. The lowest BCUT2D eigenvalue weighted by atomic mass is 9.90. The van der Waals surface area contributed by atoms with E-state index in [-0.39, 0.29) is 5.41 Å². The van der Waals surface area contributed by atoms with E-state index in [9.17, 15) is 0 Å². The number of nitrogens with zero attached hydrogens (tertiary/aromatic N) is 1. The molecule has 0 aliphatic carbocycles. The summed E-state index contributed by atoms with van der Waals surface area (Å²) in [5.41, 5.74) is 1.90. The Balaban J connectivity index is 2.81. The minimum atomic E-state index is -0.125. The maximum Gasteiger partial charge on any atom is 0.0786 e. The molecule has 0 bridgehead atoms. The average Bonchev–Trinajstić information content (AvgIpc) is 2.36. The number of hydrogen-bond acceptors (Lipinski definition) is 3. The second kappa shape index (κ2) is 3.25. The molecule has 12 heavy (non-hydrogen) atoms. The Labute approximate surface area is 72.1 Å². The number of nitrogens with one attached hydrogen (secondary N) is 1. The number of aromatic amines is 1. The van der Waals surface area contributed by atoms with Gasteiger partial charge in [0.2, 0.25) is 0 Å². The Morgan fingerprint density at radius 2 is 2.33 bits per heavy atom. The van der Waals surface area contributed by atoms with E-state index in [1.807, 2.05) is 26.8 Å². The molecule has 0 radical (unpaired) electrons. The number of aryl methyl sites for hydroxylation is 1. The van der Waals surface area contributed by atoms with Gasteiger partial charge in [-0.15, -0.1) is 0 Å². The van der Waals surface area contributed by atoms with Crippen molar-refractivity contribution in [2.24, 2.45) is 5.90 Å². The quantitative estimate of drug-likeness (QED) is 0.660. The maximum atomic E-state index is 5.02. The van der Waals surface area contributed by atoms with Crippen molar-refractivity contribution in [2.45, 2.75) is 26.2 Å². The largest absolute Gasteiger partial charge is 0.304 e. The van der Waals surface area contributed by atoms with Crippen LogP contribution < -0.4 is 5.90 Å². The van der Waals surface area contributed by atoms with Crippen LogP contribution in [0, 0.1) is 6.92 Å². The summed E-state index contributed by atoms with van der Waals surface area (Å²) in [7, 11) is 0. The molecule has 0 fully saturated rings. The number of rotatable bonds is 3. The fourth-order valence-electron chi connectivity index (χ4n) is 1.05. The lowest BCUT2D eigenvalue weighted by molar-refractivity contribution is 0.0949. The van der Waals surface area contributed by atoms with Gasteiger partial charge in [-0.05, 0) is 13.0 Å². The van der Waals surface area contributed by atoms with Gasteiger partial charge in [-0.25, -0.2) is 5.90 Å². The van der Waals surface area contributed by atoms with E-state index in [2.05, 4.69) is 15.0 Å².